The van der Waals surface area contributed by atoms with Crippen LogP contribution in [0.25, 0.3) is 0 Å². The third-order valence-corrected chi connectivity index (χ3v) is 5.15. The molecule has 1 aliphatic heterocycles. The molecule has 0 amide bonds. The molecule has 1 saturated heterocycles. The van der Waals surface area contributed by atoms with Gasteiger partial charge in [-0.1, -0.05) is 0 Å². The Kier molecular flexibility index (Phi) is 4.64. The Balaban J connectivity index is 2.16. The van der Waals surface area contributed by atoms with Crippen LogP contribution in [0.4, 0.5) is 5.69 Å². The fraction of sp³-hybridized carbons (Fsp3) is 0.538. The second-order valence-corrected chi connectivity index (χ2v) is 7.05. The van der Waals surface area contributed by atoms with E-state index in [0.717, 1.165) is 12.2 Å². The van der Waals surface area contributed by atoms with Crippen LogP contribution < -0.4 is 4.90 Å². The number of sulfonamides is 1. The molecule has 1 N–H and O–H groups in total. The van der Waals surface area contributed by atoms with E-state index in [9.17, 15) is 8.42 Å². The summed E-state index contributed by atoms with van der Waals surface area (Å²) in [6, 6.07) is 6.79. The molecule has 1 aromatic rings. The molecular weight excluding hydrogens is 280 g/mol. The van der Waals surface area contributed by atoms with Gasteiger partial charge in [0.15, 0.2) is 0 Å². The van der Waals surface area contributed by atoms with Gasteiger partial charge in [0.1, 0.15) is 0 Å². The zero-order valence-corrected chi connectivity index (χ0v) is 12.5. The molecule has 0 radical (unpaired) electrons. The largest absolute Gasteiger partial charge is 0.394 e. The van der Waals surface area contributed by atoms with E-state index >= 15 is 0 Å². The fourth-order valence-electron chi connectivity index (χ4n) is 2.10. The van der Waals surface area contributed by atoms with Crippen molar-refractivity contribution >= 4 is 15.7 Å². The molecule has 1 unspecified atom stereocenters. The average molecular weight is 300 g/mol. The fourth-order valence-corrected chi connectivity index (χ4v) is 3.01. The number of rotatable bonds is 4. The highest BCUT2D eigenvalue weighted by Crippen LogP contribution is 2.21. The normalized spacial score (nSPS) is 20.4. The number of hydrogen-bond acceptors (Lipinski definition) is 5. The monoisotopic (exact) mass is 300 g/mol. The zero-order chi connectivity index (χ0) is 14.8. The molecule has 1 aromatic carbocycles. The maximum atomic E-state index is 12.0. The van der Waals surface area contributed by atoms with Gasteiger partial charge < -0.3 is 14.7 Å². The van der Waals surface area contributed by atoms with Gasteiger partial charge in [-0.2, -0.15) is 0 Å². The van der Waals surface area contributed by atoms with Crippen LogP contribution in [0.1, 0.15) is 0 Å². The number of aliphatic hydroxyl groups is 1. The number of nitrogens with zero attached hydrogens (tertiary/aromatic N) is 2. The lowest BCUT2D eigenvalue weighted by molar-refractivity contribution is 0.00356. The summed E-state index contributed by atoms with van der Waals surface area (Å²) in [6.07, 6.45) is -0.186. The first-order chi connectivity index (χ1) is 9.45. The molecule has 112 valence electrons. The van der Waals surface area contributed by atoms with Gasteiger partial charge in [-0.05, 0) is 24.3 Å². The summed E-state index contributed by atoms with van der Waals surface area (Å²) >= 11 is 0. The van der Waals surface area contributed by atoms with Gasteiger partial charge >= 0.3 is 0 Å². The van der Waals surface area contributed by atoms with Crippen LogP contribution in [0.5, 0.6) is 0 Å². The standard InChI is InChI=1S/C13H20N2O4S/c1-14(2)20(17,18)13-5-3-11(4-6-13)15-7-8-19-12(9-15)10-16/h3-6,12,16H,7-10H2,1-2H3. The lowest BCUT2D eigenvalue weighted by Crippen LogP contribution is -2.44. The molecule has 1 atom stereocenters. The van der Waals surface area contributed by atoms with Crippen LogP contribution in [0.2, 0.25) is 0 Å². The number of ether oxygens (including phenoxy) is 1. The second kappa shape index (κ2) is 6.09. The Morgan fingerprint density at radius 1 is 1.35 bits per heavy atom. The van der Waals surface area contributed by atoms with Gasteiger partial charge in [-0.3, -0.25) is 0 Å². The highest BCUT2D eigenvalue weighted by Gasteiger charge is 2.21. The van der Waals surface area contributed by atoms with Gasteiger partial charge in [0, 0.05) is 32.9 Å². The van der Waals surface area contributed by atoms with E-state index < -0.39 is 10.0 Å². The first kappa shape index (κ1) is 15.2. The molecule has 0 saturated carbocycles. The Bertz CT molecular complexity index is 542. The van der Waals surface area contributed by atoms with Gasteiger partial charge in [-0.15, -0.1) is 0 Å². The van der Waals surface area contributed by atoms with Crippen molar-refractivity contribution in [1.29, 1.82) is 0 Å². The van der Waals surface area contributed by atoms with Gasteiger partial charge in [0.25, 0.3) is 0 Å². The van der Waals surface area contributed by atoms with Crippen molar-refractivity contribution in [3.05, 3.63) is 24.3 Å². The van der Waals surface area contributed by atoms with Crippen LogP contribution in [0, 0.1) is 0 Å². The number of hydrogen-bond donors (Lipinski definition) is 1. The second-order valence-electron chi connectivity index (χ2n) is 4.90. The first-order valence-electron chi connectivity index (χ1n) is 6.45. The average Bonchev–Trinajstić information content (AvgIpc) is 2.47. The highest BCUT2D eigenvalue weighted by molar-refractivity contribution is 7.89. The summed E-state index contributed by atoms with van der Waals surface area (Å²) in [6.45, 7) is 1.89. The Morgan fingerprint density at radius 3 is 2.55 bits per heavy atom. The third kappa shape index (κ3) is 3.12. The van der Waals surface area contributed by atoms with E-state index in [1.54, 1.807) is 24.3 Å². The molecule has 0 bridgehead atoms. The van der Waals surface area contributed by atoms with E-state index in [0.29, 0.717) is 13.2 Å². The summed E-state index contributed by atoms with van der Waals surface area (Å²) in [4.78, 5) is 2.36. The predicted octanol–water partition coefficient (Wildman–Crippen LogP) is 0.134. The maximum Gasteiger partial charge on any atom is 0.242 e. The molecule has 2 rings (SSSR count). The molecular formula is C13H20N2O4S. The number of benzene rings is 1. The molecule has 1 aliphatic rings. The Hall–Kier alpha value is -1.15. The van der Waals surface area contributed by atoms with Crippen LogP contribution in [0.15, 0.2) is 29.2 Å². The van der Waals surface area contributed by atoms with Crippen molar-refractivity contribution in [2.75, 3.05) is 45.3 Å². The molecule has 0 aliphatic carbocycles. The van der Waals surface area contributed by atoms with E-state index in [1.165, 1.54) is 18.4 Å². The summed E-state index contributed by atoms with van der Waals surface area (Å²) in [5.41, 5.74) is 0.935. The first-order valence-corrected chi connectivity index (χ1v) is 7.89. The molecule has 0 spiro atoms. The molecule has 7 heteroatoms. The lowest BCUT2D eigenvalue weighted by Gasteiger charge is -2.33. The smallest absolute Gasteiger partial charge is 0.242 e. The van der Waals surface area contributed by atoms with Crippen LogP contribution in [-0.4, -0.2) is 64.3 Å². The molecule has 1 fully saturated rings. The van der Waals surface area contributed by atoms with Crippen molar-refractivity contribution in [3.63, 3.8) is 0 Å². The minimum Gasteiger partial charge on any atom is -0.394 e. The van der Waals surface area contributed by atoms with E-state index in [1.807, 2.05) is 0 Å². The maximum absolute atomic E-state index is 12.0. The minimum atomic E-state index is -3.39. The molecule has 6 nitrogen and oxygen atoms in total. The molecule has 20 heavy (non-hydrogen) atoms. The zero-order valence-electron chi connectivity index (χ0n) is 11.7. The summed E-state index contributed by atoms with van der Waals surface area (Å²) in [5, 5.41) is 9.13. The molecule has 0 aromatic heterocycles. The topological polar surface area (TPSA) is 70.1 Å². The van der Waals surface area contributed by atoms with Crippen LogP contribution in [0.3, 0.4) is 0 Å². The third-order valence-electron chi connectivity index (χ3n) is 3.32. The van der Waals surface area contributed by atoms with Gasteiger partial charge in [0.05, 0.1) is 24.2 Å². The SMILES string of the molecule is CN(C)S(=O)(=O)c1ccc(N2CCOC(CO)C2)cc1. The minimum absolute atomic E-state index is 0.0103. The quantitative estimate of drug-likeness (QED) is 0.856. The number of aliphatic hydroxyl groups excluding tert-OH is 1. The number of morpholine rings is 1. The van der Waals surface area contributed by atoms with Crippen molar-refractivity contribution in [2.45, 2.75) is 11.0 Å². The lowest BCUT2D eigenvalue weighted by atomic mass is 10.2. The van der Waals surface area contributed by atoms with Crippen molar-refractivity contribution < 1.29 is 18.3 Å². The summed E-state index contributed by atoms with van der Waals surface area (Å²) in [7, 11) is -0.368. The number of anilines is 1. The summed E-state index contributed by atoms with van der Waals surface area (Å²) < 4.78 is 30.5. The van der Waals surface area contributed by atoms with Crippen LogP contribution in [-0.2, 0) is 14.8 Å². The van der Waals surface area contributed by atoms with E-state index in [4.69, 9.17) is 9.84 Å². The van der Waals surface area contributed by atoms with Crippen molar-refractivity contribution in [3.8, 4) is 0 Å². The Labute approximate surface area is 119 Å². The van der Waals surface area contributed by atoms with Gasteiger partial charge in [0.2, 0.25) is 10.0 Å². The van der Waals surface area contributed by atoms with Crippen molar-refractivity contribution in [1.82, 2.24) is 4.31 Å². The summed E-state index contributed by atoms with van der Waals surface area (Å²) in [5.74, 6) is 0. The van der Waals surface area contributed by atoms with Crippen molar-refractivity contribution in [2.24, 2.45) is 0 Å². The van der Waals surface area contributed by atoms with Gasteiger partial charge in [-0.25, -0.2) is 12.7 Å². The highest BCUT2D eigenvalue weighted by atomic mass is 32.2. The van der Waals surface area contributed by atoms with Crippen LogP contribution >= 0.6 is 0 Å². The Morgan fingerprint density at radius 2 is 2.00 bits per heavy atom. The predicted molar refractivity (Wildman–Crippen MR) is 76.4 cm³/mol. The van der Waals surface area contributed by atoms with E-state index in [-0.39, 0.29) is 17.6 Å². The molecule has 1 heterocycles. The van der Waals surface area contributed by atoms with E-state index in [2.05, 4.69) is 4.90 Å².